The third kappa shape index (κ3) is 5.58. The minimum absolute atomic E-state index is 0.0274. The fraction of sp³-hybridized carbons (Fsp3) is 0.688. The largest absolute Gasteiger partial charge is 0.375 e. The highest BCUT2D eigenvalue weighted by atomic mass is 32.1. The molecule has 1 aliphatic carbocycles. The number of thiazole rings is 1. The van der Waals surface area contributed by atoms with Crippen LogP contribution in [0, 0.1) is 11.8 Å². The Balaban J connectivity index is 1.92. The average molecular weight is 339 g/mol. The summed E-state index contributed by atoms with van der Waals surface area (Å²) in [5, 5.41) is 8.87. The number of hydrogen-bond donors (Lipinski definition) is 2. The molecule has 0 saturated heterocycles. The molecule has 0 spiro atoms. The molecule has 1 aromatic rings. The Morgan fingerprint density at radius 1 is 1.39 bits per heavy atom. The van der Waals surface area contributed by atoms with Gasteiger partial charge >= 0.3 is 0 Å². The molecule has 0 aromatic carbocycles. The van der Waals surface area contributed by atoms with Crippen molar-refractivity contribution in [3.05, 3.63) is 16.6 Å². The third-order valence-electron chi connectivity index (χ3n) is 4.31. The molecule has 2 amide bonds. The second-order valence-electron chi connectivity index (χ2n) is 6.07. The second-order valence-corrected chi connectivity index (χ2v) is 6.99. The third-order valence-corrected chi connectivity index (χ3v) is 5.17. The maximum atomic E-state index is 11.9. The zero-order chi connectivity index (χ0) is 16.7. The van der Waals surface area contributed by atoms with Gasteiger partial charge in [0, 0.05) is 32.2 Å². The predicted octanol–water partition coefficient (Wildman–Crippen LogP) is 1.89. The molecule has 7 heteroatoms. The van der Waals surface area contributed by atoms with Crippen molar-refractivity contribution in [3.63, 3.8) is 0 Å². The summed E-state index contributed by atoms with van der Waals surface area (Å²) in [5.74, 6) is 0.838. The van der Waals surface area contributed by atoms with Gasteiger partial charge in [0.1, 0.15) is 11.6 Å². The summed E-state index contributed by atoms with van der Waals surface area (Å²) < 4.78 is 4.91. The van der Waals surface area contributed by atoms with Gasteiger partial charge in [0.2, 0.25) is 11.8 Å². The molecule has 1 unspecified atom stereocenters. The molecule has 2 N–H and O–H groups in total. The van der Waals surface area contributed by atoms with E-state index in [2.05, 4.69) is 15.6 Å². The summed E-state index contributed by atoms with van der Waals surface area (Å²) in [6.45, 7) is 2.37. The van der Waals surface area contributed by atoms with Crippen LogP contribution < -0.4 is 10.6 Å². The predicted molar refractivity (Wildman–Crippen MR) is 89.0 cm³/mol. The zero-order valence-corrected chi connectivity index (χ0v) is 14.5. The normalized spacial score (nSPS) is 22.3. The smallest absolute Gasteiger partial charge is 0.246 e. The number of rotatable bonds is 7. The van der Waals surface area contributed by atoms with Crippen molar-refractivity contribution in [3.8, 4) is 0 Å². The van der Waals surface area contributed by atoms with Crippen LogP contribution >= 0.6 is 11.3 Å². The van der Waals surface area contributed by atoms with Crippen molar-refractivity contribution in [2.75, 3.05) is 20.3 Å². The average Bonchev–Trinajstić information content (AvgIpc) is 3.05. The van der Waals surface area contributed by atoms with Crippen LogP contribution in [-0.2, 0) is 14.3 Å². The molecular formula is C16H25N3O3S. The van der Waals surface area contributed by atoms with Gasteiger partial charge in [0.05, 0.1) is 6.04 Å². The number of nitrogens with one attached hydrogen (secondary N) is 2. The van der Waals surface area contributed by atoms with Crippen LogP contribution in [0.3, 0.4) is 0 Å². The SMILES string of the molecule is COCC(=O)NC(c1nccs1)C1CCC(CNC(C)=O)CC1. The molecule has 1 saturated carbocycles. The Morgan fingerprint density at radius 3 is 2.70 bits per heavy atom. The van der Waals surface area contributed by atoms with Crippen molar-refractivity contribution >= 4 is 23.2 Å². The van der Waals surface area contributed by atoms with E-state index in [1.54, 1.807) is 24.5 Å². The van der Waals surface area contributed by atoms with E-state index >= 15 is 0 Å². The lowest BCUT2D eigenvalue weighted by molar-refractivity contribution is -0.126. The maximum Gasteiger partial charge on any atom is 0.246 e. The van der Waals surface area contributed by atoms with E-state index in [9.17, 15) is 9.59 Å². The Morgan fingerprint density at radius 2 is 2.13 bits per heavy atom. The molecule has 23 heavy (non-hydrogen) atoms. The number of aromatic nitrogens is 1. The fourth-order valence-electron chi connectivity index (χ4n) is 3.13. The highest BCUT2D eigenvalue weighted by molar-refractivity contribution is 7.09. The lowest BCUT2D eigenvalue weighted by atomic mass is 9.78. The number of methoxy groups -OCH3 is 1. The first-order valence-corrected chi connectivity index (χ1v) is 8.90. The molecule has 1 heterocycles. The molecule has 1 atom stereocenters. The van der Waals surface area contributed by atoms with Crippen molar-refractivity contribution in [1.82, 2.24) is 15.6 Å². The monoisotopic (exact) mass is 339 g/mol. The van der Waals surface area contributed by atoms with Crippen LogP contribution in [-0.4, -0.2) is 37.1 Å². The van der Waals surface area contributed by atoms with E-state index in [4.69, 9.17) is 4.74 Å². The highest BCUT2D eigenvalue weighted by Gasteiger charge is 2.31. The lowest BCUT2D eigenvalue weighted by Gasteiger charge is -2.33. The molecular weight excluding hydrogens is 314 g/mol. The molecule has 6 nitrogen and oxygen atoms in total. The number of amides is 2. The van der Waals surface area contributed by atoms with Gasteiger partial charge in [-0.05, 0) is 37.5 Å². The van der Waals surface area contributed by atoms with Crippen molar-refractivity contribution in [1.29, 1.82) is 0 Å². The molecule has 0 aliphatic heterocycles. The summed E-state index contributed by atoms with van der Waals surface area (Å²) in [5.41, 5.74) is 0. The van der Waals surface area contributed by atoms with Gasteiger partial charge in [-0.15, -0.1) is 11.3 Å². The molecule has 1 aliphatic rings. The van der Waals surface area contributed by atoms with Crippen LogP contribution in [0.2, 0.25) is 0 Å². The Labute approximate surface area is 141 Å². The summed E-state index contributed by atoms with van der Waals surface area (Å²) in [6.07, 6.45) is 5.96. The number of carbonyl (C=O) groups is 2. The van der Waals surface area contributed by atoms with E-state index in [0.717, 1.165) is 37.2 Å². The van der Waals surface area contributed by atoms with E-state index in [-0.39, 0.29) is 24.5 Å². The Bertz CT molecular complexity index is 499. The Hall–Kier alpha value is -1.47. The molecule has 0 radical (unpaired) electrons. The molecule has 1 aromatic heterocycles. The quantitative estimate of drug-likeness (QED) is 0.795. The molecule has 128 valence electrons. The van der Waals surface area contributed by atoms with Crippen LogP contribution in [0.1, 0.15) is 43.7 Å². The topological polar surface area (TPSA) is 80.3 Å². The summed E-state index contributed by atoms with van der Waals surface area (Å²) in [4.78, 5) is 27.3. The summed E-state index contributed by atoms with van der Waals surface area (Å²) in [7, 11) is 1.52. The van der Waals surface area contributed by atoms with E-state index in [1.807, 2.05) is 5.38 Å². The first kappa shape index (κ1) is 17.9. The zero-order valence-electron chi connectivity index (χ0n) is 13.7. The summed E-state index contributed by atoms with van der Waals surface area (Å²) >= 11 is 1.58. The van der Waals surface area contributed by atoms with Gasteiger partial charge < -0.3 is 15.4 Å². The van der Waals surface area contributed by atoms with Gasteiger partial charge in [-0.2, -0.15) is 0 Å². The van der Waals surface area contributed by atoms with Crippen LogP contribution in [0.4, 0.5) is 0 Å². The van der Waals surface area contributed by atoms with Gasteiger partial charge in [-0.3, -0.25) is 9.59 Å². The van der Waals surface area contributed by atoms with Crippen LogP contribution in [0.25, 0.3) is 0 Å². The number of carbonyl (C=O) groups excluding carboxylic acids is 2. The van der Waals surface area contributed by atoms with Gasteiger partial charge in [0.25, 0.3) is 0 Å². The fourth-order valence-corrected chi connectivity index (χ4v) is 3.91. The second kappa shape index (κ2) is 8.98. The number of nitrogens with zero attached hydrogens (tertiary/aromatic N) is 1. The molecule has 1 fully saturated rings. The van der Waals surface area contributed by atoms with Gasteiger partial charge in [0.15, 0.2) is 0 Å². The molecule has 0 bridgehead atoms. The van der Waals surface area contributed by atoms with E-state index in [0.29, 0.717) is 11.8 Å². The van der Waals surface area contributed by atoms with Crippen LogP contribution in [0.5, 0.6) is 0 Å². The first-order chi connectivity index (χ1) is 11.1. The summed E-state index contributed by atoms with van der Waals surface area (Å²) in [6, 6.07) is -0.0423. The number of hydrogen-bond acceptors (Lipinski definition) is 5. The van der Waals surface area contributed by atoms with Crippen molar-refractivity contribution in [2.24, 2.45) is 11.8 Å². The van der Waals surface area contributed by atoms with E-state index < -0.39 is 0 Å². The standard InChI is InChI=1S/C16H25N3O3S/c1-11(20)18-9-12-3-5-13(6-4-12)15(16-17-7-8-23-16)19-14(21)10-22-2/h7-8,12-13,15H,3-6,9-10H2,1-2H3,(H,18,20)(H,19,21). The highest BCUT2D eigenvalue weighted by Crippen LogP contribution is 2.37. The first-order valence-electron chi connectivity index (χ1n) is 8.02. The van der Waals surface area contributed by atoms with Crippen molar-refractivity contribution in [2.45, 2.75) is 38.6 Å². The van der Waals surface area contributed by atoms with Crippen LogP contribution in [0.15, 0.2) is 11.6 Å². The minimum Gasteiger partial charge on any atom is -0.375 e. The Kier molecular flexibility index (Phi) is 6.98. The van der Waals surface area contributed by atoms with E-state index in [1.165, 1.54) is 7.11 Å². The minimum atomic E-state index is -0.104. The number of ether oxygens (including phenoxy) is 1. The van der Waals surface area contributed by atoms with Gasteiger partial charge in [-0.25, -0.2) is 4.98 Å². The van der Waals surface area contributed by atoms with Crippen molar-refractivity contribution < 1.29 is 14.3 Å². The van der Waals surface area contributed by atoms with Gasteiger partial charge in [-0.1, -0.05) is 0 Å². The molecule has 2 rings (SSSR count). The lowest BCUT2D eigenvalue weighted by Crippen LogP contribution is -2.38. The maximum absolute atomic E-state index is 11.9.